The Hall–Kier alpha value is -2.05. The molecular weight excluding hydrogens is 424 g/mol. The number of benzene rings is 2. The molecule has 2 N–H and O–H groups in total. The predicted octanol–water partition coefficient (Wildman–Crippen LogP) is 7.67. The summed E-state index contributed by atoms with van der Waals surface area (Å²) in [7, 11) is -4.28. The molecule has 0 bridgehead atoms. The van der Waals surface area contributed by atoms with E-state index in [1.807, 2.05) is 0 Å². The number of hydrogen-bond acceptors (Lipinski definition) is 4. The quantitative estimate of drug-likeness (QED) is 0.197. The molecule has 0 radical (unpaired) electrons. The van der Waals surface area contributed by atoms with Gasteiger partial charge >= 0.3 is 0 Å². The molecule has 0 aromatic heterocycles. The van der Waals surface area contributed by atoms with E-state index in [1.165, 1.54) is 82.4 Å². The Labute approximate surface area is 193 Å². The van der Waals surface area contributed by atoms with E-state index in [2.05, 4.69) is 6.92 Å². The number of aryl methyl sites for hydroxylation is 1. The molecule has 0 saturated heterocycles. The van der Waals surface area contributed by atoms with Gasteiger partial charge in [0.15, 0.2) is 0 Å². The van der Waals surface area contributed by atoms with Crippen LogP contribution in [0.5, 0.6) is 17.2 Å². The first-order valence-electron chi connectivity index (χ1n) is 12.0. The molecule has 0 aliphatic carbocycles. The first-order chi connectivity index (χ1) is 15.4. The minimum atomic E-state index is -4.28. The molecule has 32 heavy (non-hydrogen) atoms. The van der Waals surface area contributed by atoms with Crippen molar-refractivity contribution in [1.29, 1.82) is 0 Å². The van der Waals surface area contributed by atoms with Gasteiger partial charge in [-0.1, -0.05) is 83.6 Å². The molecule has 0 unspecified atom stereocenters. The second kappa shape index (κ2) is 14.2. The molecule has 178 valence electrons. The maximum absolute atomic E-state index is 11.3. The van der Waals surface area contributed by atoms with E-state index in [-0.39, 0.29) is 10.6 Å². The summed E-state index contributed by atoms with van der Waals surface area (Å²) in [4.78, 5) is -0.217. The summed E-state index contributed by atoms with van der Waals surface area (Å²) >= 11 is 0. The minimum absolute atomic E-state index is 0.217. The summed E-state index contributed by atoms with van der Waals surface area (Å²) in [5.41, 5.74) is 0.820. The summed E-state index contributed by atoms with van der Waals surface area (Å²) in [6, 6.07) is 10.7. The van der Waals surface area contributed by atoms with Gasteiger partial charge in [-0.3, -0.25) is 4.55 Å². The van der Waals surface area contributed by atoms with E-state index < -0.39 is 10.1 Å². The molecular formula is C26H38O5S. The summed E-state index contributed by atoms with van der Waals surface area (Å²) in [5.74, 6) is 1.07. The van der Waals surface area contributed by atoms with Gasteiger partial charge in [0, 0.05) is 6.07 Å². The smallest absolute Gasteiger partial charge is 0.294 e. The highest BCUT2D eigenvalue weighted by Gasteiger charge is 2.11. The SMILES string of the molecule is CCCCCCCCCCCCCCc1cc(Oc2cccc(S(=O)(=O)O)c2)ccc1O. The highest BCUT2D eigenvalue weighted by Crippen LogP contribution is 2.29. The van der Waals surface area contributed by atoms with Crippen LogP contribution in [0.25, 0.3) is 0 Å². The zero-order valence-electron chi connectivity index (χ0n) is 19.3. The van der Waals surface area contributed by atoms with Crippen LogP contribution in [0.2, 0.25) is 0 Å². The van der Waals surface area contributed by atoms with Gasteiger partial charge in [-0.15, -0.1) is 0 Å². The largest absolute Gasteiger partial charge is 0.508 e. The summed E-state index contributed by atoms with van der Waals surface area (Å²) < 4.78 is 37.5. The highest BCUT2D eigenvalue weighted by atomic mass is 32.2. The van der Waals surface area contributed by atoms with Crippen molar-refractivity contribution in [2.45, 2.75) is 95.3 Å². The standard InChI is InChI=1S/C26H38O5S/c1-2-3-4-5-6-7-8-9-10-11-12-13-15-22-20-24(18-19-26(22)27)31-23-16-14-17-25(21-23)32(28,29)30/h14,16-21,27H,2-13,15H2,1H3,(H,28,29,30). The topological polar surface area (TPSA) is 83.8 Å². The Morgan fingerprint density at radius 3 is 1.91 bits per heavy atom. The van der Waals surface area contributed by atoms with Gasteiger partial charge in [0.1, 0.15) is 17.2 Å². The lowest BCUT2D eigenvalue weighted by Gasteiger charge is -2.10. The maximum atomic E-state index is 11.3. The molecule has 0 atom stereocenters. The fourth-order valence-electron chi connectivity index (χ4n) is 3.82. The van der Waals surface area contributed by atoms with E-state index in [4.69, 9.17) is 4.74 Å². The Balaban J connectivity index is 1.70. The summed E-state index contributed by atoms with van der Waals surface area (Å²) in [6.45, 7) is 2.25. The fourth-order valence-corrected chi connectivity index (χ4v) is 4.33. The van der Waals surface area contributed by atoms with E-state index in [9.17, 15) is 18.1 Å². The van der Waals surface area contributed by atoms with Crippen molar-refractivity contribution in [2.75, 3.05) is 0 Å². The Morgan fingerprint density at radius 1 is 0.750 bits per heavy atom. The van der Waals surface area contributed by atoms with Crippen molar-refractivity contribution in [2.24, 2.45) is 0 Å². The number of phenolic OH excluding ortho intramolecular Hbond substituents is 1. The molecule has 2 aromatic rings. The van der Waals surface area contributed by atoms with E-state index >= 15 is 0 Å². The molecule has 2 rings (SSSR count). The van der Waals surface area contributed by atoms with E-state index in [1.54, 1.807) is 24.3 Å². The number of ether oxygens (including phenoxy) is 1. The lowest BCUT2D eigenvalue weighted by atomic mass is 10.0. The van der Waals surface area contributed by atoms with E-state index in [0.717, 1.165) is 24.8 Å². The zero-order chi connectivity index (χ0) is 23.2. The number of hydrogen-bond donors (Lipinski definition) is 2. The van der Waals surface area contributed by atoms with Crippen molar-refractivity contribution in [3.8, 4) is 17.2 Å². The molecule has 0 heterocycles. The third-order valence-electron chi connectivity index (χ3n) is 5.69. The van der Waals surface area contributed by atoms with Crippen LogP contribution in [0.15, 0.2) is 47.4 Å². The number of rotatable bonds is 16. The Morgan fingerprint density at radius 2 is 1.31 bits per heavy atom. The minimum Gasteiger partial charge on any atom is -0.508 e. The maximum Gasteiger partial charge on any atom is 0.294 e. The Bertz CT molecular complexity index is 908. The van der Waals surface area contributed by atoms with Gasteiger partial charge in [-0.05, 0) is 48.7 Å². The van der Waals surface area contributed by atoms with Crippen LogP contribution in [-0.2, 0) is 16.5 Å². The molecule has 0 fully saturated rings. The third-order valence-corrected chi connectivity index (χ3v) is 6.54. The van der Waals surface area contributed by atoms with Crippen LogP contribution < -0.4 is 4.74 Å². The number of unbranched alkanes of at least 4 members (excludes halogenated alkanes) is 11. The van der Waals surface area contributed by atoms with Crippen LogP contribution in [-0.4, -0.2) is 18.1 Å². The molecule has 0 aliphatic rings. The van der Waals surface area contributed by atoms with Crippen LogP contribution in [0.3, 0.4) is 0 Å². The summed E-state index contributed by atoms with van der Waals surface area (Å²) in [6.07, 6.45) is 16.2. The second-order valence-corrected chi connectivity index (χ2v) is 9.90. The van der Waals surface area contributed by atoms with Crippen LogP contribution in [0, 0.1) is 0 Å². The molecule has 0 saturated carbocycles. The Kier molecular flexibility index (Phi) is 11.6. The van der Waals surface area contributed by atoms with Gasteiger partial charge in [0.2, 0.25) is 0 Å². The van der Waals surface area contributed by atoms with Gasteiger partial charge in [0.25, 0.3) is 10.1 Å². The molecule has 2 aromatic carbocycles. The average Bonchev–Trinajstić information content (AvgIpc) is 2.76. The normalized spacial score (nSPS) is 11.6. The van der Waals surface area contributed by atoms with Crippen LogP contribution in [0.1, 0.15) is 89.5 Å². The van der Waals surface area contributed by atoms with E-state index in [0.29, 0.717) is 11.5 Å². The van der Waals surface area contributed by atoms with Gasteiger partial charge < -0.3 is 9.84 Å². The predicted molar refractivity (Wildman–Crippen MR) is 129 cm³/mol. The fraction of sp³-hybridized carbons (Fsp3) is 0.538. The van der Waals surface area contributed by atoms with Crippen molar-refractivity contribution < 1.29 is 22.8 Å². The lowest BCUT2D eigenvalue weighted by molar-refractivity contribution is 0.454. The monoisotopic (exact) mass is 462 g/mol. The molecule has 5 nitrogen and oxygen atoms in total. The lowest BCUT2D eigenvalue weighted by Crippen LogP contribution is -1.98. The van der Waals surface area contributed by atoms with Crippen molar-refractivity contribution in [1.82, 2.24) is 0 Å². The molecule has 0 amide bonds. The second-order valence-electron chi connectivity index (χ2n) is 8.48. The first kappa shape index (κ1) is 26.2. The average molecular weight is 463 g/mol. The summed E-state index contributed by atoms with van der Waals surface area (Å²) in [5, 5.41) is 10.2. The molecule has 0 aliphatic heterocycles. The number of phenols is 1. The van der Waals surface area contributed by atoms with Crippen LogP contribution >= 0.6 is 0 Å². The molecule has 0 spiro atoms. The third kappa shape index (κ3) is 10.0. The zero-order valence-corrected chi connectivity index (χ0v) is 20.1. The van der Waals surface area contributed by atoms with Gasteiger partial charge in [-0.25, -0.2) is 0 Å². The van der Waals surface area contributed by atoms with Crippen molar-refractivity contribution in [3.05, 3.63) is 48.0 Å². The van der Waals surface area contributed by atoms with Gasteiger partial charge in [0.05, 0.1) is 4.90 Å². The van der Waals surface area contributed by atoms with Crippen molar-refractivity contribution >= 4 is 10.1 Å². The molecule has 6 heteroatoms. The first-order valence-corrected chi connectivity index (χ1v) is 13.4. The highest BCUT2D eigenvalue weighted by molar-refractivity contribution is 7.85. The van der Waals surface area contributed by atoms with Crippen LogP contribution in [0.4, 0.5) is 0 Å². The number of aromatic hydroxyl groups is 1. The van der Waals surface area contributed by atoms with Crippen molar-refractivity contribution in [3.63, 3.8) is 0 Å². The van der Waals surface area contributed by atoms with Gasteiger partial charge in [-0.2, -0.15) is 8.42 Å².